The number of carbonyl (C=O) groups is 2. The quantitative estimate of drug-likeness (QED) is 0.588. The van der Waals surface area contributed by atoms with E-state index in [0.29, 0.717) is 22.8 Å². The Bertz CT molecular complexity index is 933. The van der Waals surface area contributed by atoms with Gasteiger partial charge in [-0.3, -0.25) is 4.79 Å². The zero-order chi connectivity index (χ0) is 17.8. The molecule has 7 heteroatoms. The molecule has 7 nitrogen and oxygen atoms in total. The van der Waals surface area contributed by atoms with Crippen LogP contribution in [0.3, 0.4) is 0 Å². The van der Waals surface area contributed by atoms with Gasteiger partial charge < -0.3 is 25.7 Å². The molecular weight excluding hydrogens is 320 g/mol. The van der Waals surface area contributed by atoms with Gasteiger partial charge >= 0.3 is 6.03 Å². The van der Waals surface area contributed by atoms with E-state index in [1.807, 2.05) is 18.2 Å². The first-order chi connectivity index (χ1) is 12.1. The molecule has 0 unspecified atom stereocenters. The molecule has 4 N–H and O–H groups in total. The summed E-state index contributed by atoms with van der Waals surface area (Å²) in [5.41, 5.74) is 2.42. The van der Waals surface area contributed by atoms with Gasteiger partial charge in [0.15, 0.2) is 0 Å². The molecule has 0 aliphatic heterocycles. The molecule has 1 aromatic heterocycles. The second-order valence-electron chi connectivity index (χ2n) is 5.38. The van der Waals surface area contributed by atoms with Gasteiger partial charge in [0.1, 0.15) is 11.4 Å². The lowest BCUT2D eigenvalue weighted by atomic mass is 10.2. The van der Waals surface area contributed by atoms with Crippen molar-refractivity contribution in [2.45, 2.75) is 0 Å². The topological polar surface area (TPSA) is 95.2 Å². The molecule has 0 fully saturated rings. The maximum atomic E-state index is 12.5. The number of rotatable bonds is 4. The molecule has 0 saturated carbocycles. The first-order valence-electron chi connectivity index (χ1n) is 7.66. The van der Waals surface area contributed by atoms with Crippen molar-refractivity contribution < 1.29 is 14.3 Å². The number of urea groups is 1. The number of fused-ring (bicyclic) bond motifs is 1. The summed E-state index contributed by atoms with van der Waals surface area (Å²) >= 11 is 0. The highest BCUT2D eigenvalue weighted by Gasteiger charge is 2.11. The highest BCUT2D eigenvalue weighted by Crippen LogP contribution is 2.22. The fourth-order valence-corrected chi connectivity index (χ4v) is 2.42. The molecule has 2 aromatic carbocycles. The number of hydrogen-bond acceptors (Lipinski definition) is 3. The number of anilines is 2. The van der Waals surface area contributed by atoms with E-state index in [1.54, 1.807) is 37.4 Å². The molecule has 0 bridgehead atoms. The van der Waals surface area contributed by atoms with Crippen LogP contribution >= 0.6 is 0 Å². The van der Waals surface area contributed by atoms with Crippen molar-refractivity contribution in [1.82, 2.24) is 10.3 Å². The van der Waals surface area contributed by atoms with Crippen LogP contribution in [0.2, 0.25) is 0 Å². The van der Waals surface area contributed by atoms with E-state index in [2.05, 4.69) is 20.9 Å². The van der Waals surface area contributed by atoms with Crippen LogP contribution in [0.1, 0.15) is 10.5 Å². The molecule has 3 aromatic rings. The largest absolute Gasteiger partial charge is 0.497 e. The van der Waals surface area contributed by atoms with E-state index in [9.17, 15) is 9.59 Å². The Morgan fingerprint density at radius 3 is 2.48 bits per heavy atom. The molecule has 128 valence electrons. The molecule has 25 heavy (non-hydrogen) atoms. The molecule has 0 atom stereocenters. The molecule has 0 aliphatic rings. The minimum Gasteiger partial charge on any atom is -0.497 e. The number of aromatic amines is 1. The fraction of sp³-hybridized carbons (Fsp3) is 0.111. The predicted molar refractivity (Wildman–Crippen MR) is 97.3 cm³/mol. The summed E-state index contributed by atoms with van der Waals surface area (Å²) in [6.45, 7) is 0. The Balaban J connectivity index is 1.78. The molecule has 0 aliphatic carbocycles. The van der Waals surface area contributed by atoms with Crippen molar-refractivity contribution in [2.75, 3.05) is 24.8 Å². The van der Waals surface area contributed by atoms with Gasteiger partial charge in [-0.15, -0.1) is 0 Å². The SMILES string of the molecule is CNC(=O)Nc1cccc(NC(=O)c2cc3ccc(OC)cc3[nH]2)c1. The zero-order valence-electron chi connectivity index (χ0n) is 13.8. The first kappa shape index (κ1) is 16.4. The molecule has 0 radical (unpaired) electrons. The van der Waals surface area contributed by atoms with Crippen molar-refractivity contribution >= 4 is 34.2 Å². The Hall–Kier alpha value is -3.48. The monoisotopic (exact) mass is 338 g/mol. The lowest BCUT2D eigenvalue weighted by molar-refractivity contribution is 0.102. The number of benzene rings is 2. The van der Waals surface area contributed by atoms with Gasteiger partial charge in [0.05, 0.1) is 7.11 Å². The minimum atomic E-state index is -0.326. The van der Waals surface area contributed by atoms with Crippen LogP contribution in [0.5, 0.6) is 5.75 Å². The van der Waals surface area contributed by atoms with Crippen LogP contribution in [0.15, 0.2) is 48.5 Å². The third-order valence-corrected chi connectivity index (χ3v) is 3.68. The third kappa shape index (κ3) is 3.72. The smallest absolute Gasteiger partial charge is 0.318 e. The maximum absolute atomic E-state index is 12.5. The molecular formula is C18H18N4O3. The summed E-state index contributed by atoms with van der Waals surface area (Å²) < 4.78 is 5.18. The van der Waals surface area contributed by atoms with E-state index in [1.165, 1.54) is 7.05 Å². The Morgan fingerprint density at radius 2 is 1.76 bits per heavy atom. The van der Waals surface area contributed by atoms with Crippen molar-refractivity contribution in [3.05, 3.63) is 54.2 Å². The highest BCUT2D eigenvalue weighted by molar-refractivity contribution is 6.06. The molecule has 3 rings (SSSR count). The number of methoxy groups -OCH3 is 1. The fourth-order valence-electron chi connectivity index (χ4n) is 2.42. The average molecular weight is 338 g/mol. The second kappa shape index (κ2) is 6.96. The van der Waals surface area contributed by atoms with Gasteiger partial charge in [-0.2, -0.15) is 0 Å². The molecule has 3 amide bonds. The normalized spacial score (nSPS) is 10.3. The summed E-state index contributed by atoms with van der Waals surface area (Å²) in [7, 11) is 3.13. The van der Waals surface area contributed by atoms with Gasteiger partial charge in [-0.05, 0) is 36.4 Å². The van der Waals surface area contributed by atoms with Gasteiger partial charge in [0, 0.05) is 35.4 Å². The van der Waals surface area contributed by atoms with E-state index in [-0.39, 0.29) is 11.9 Å². The van der Waals surface area contributed by atoms with E-state index in [4.69, 9.17) is 4.74 Å². The summed E-state index contributed by atoms with van der Waals surface area (Å²) in [4.78, 5) is 26.9. The predicted octanol–water partition coefficient (Wildman–Crippen LogP) is 3.18. The number of amides is 3. The molecule has 1 heterocycles. The number of hydrogen-bond donors (Lipinski definition) is 4. The zero-order valence-corrected chi connectivity index (χ0v) is 13.8. The number of carbonyl (C=O) groups excluding carboxylic acids is 2. The average Bonchev–Trinajstić information content (AvgIpc) is 3.05. The van der Waals surface area contributed by atoms with E-state index in [0.717, 1.165) is 10.9 Å². The molecule has 0 spiro atoms. The Morgan fingerprint density at radius 1 is 1.00 bits per heavy atom. The number of ether oxygens (including phenoxy) is 1. The maximum Gasteiger partial charge on any atom is 0.318 e. The van der Waals surface area contributed by atoms with Crippen LogP contribution in [0.4, 0.5) is 16.2 Å². The van der Waals surface area contributed by atoms with Gasteiger partial charge in [-0.25, -0.2) is 4.79 Å². The van der Waals surface area contributed by atoms with Crippen molar-refractivity contribution in [3.8, 4) is 5.75 Å². The van der Waals surface area contributed by atoms with Crippen LogP contribution in [0, 0.1) is 0 Å². The van der Waals surface area contributed by atoms with Crippen LogP contribution in [-0.4, -0.2) is 31.1 Å². The van der Waals surface area contributed by atoms with Crippen molar-refractivity contribution in [3.63, 3.8) is 0 Å². The number of aromatic nitrogens is 1. The van der Waals surface area contributed by atoms with Gasteiger partial charge in [-0.1, -0.05) is 6.07 Å². The second-order valence-corrected chi connectivity index (χ2v) is 5.38. The van der Waals surface area contributed by atoms with Gasteiger partial charge in [0.25, 0.3) is 5.91 Å². The standard InChI is InChI=1S/C18H18N4O3/c1-19-18(24)21-13-5-3-4-12(9-13)20-17(23)16-8-11-6-7-14(25-2)10-15(11)22-16/h3-10,22H,1-2H3,(H,20,23)(H2,19,21,24). The van der Waals surface area contributed by atoms with E-state index >= 15 is 0 Å². The first-order valence-corrected chi connectivity index (χ1v) is 7.66. The lowest BCUT2D eigenvalue weighted by Gasteiger charge is -2.08. The summed E-state index contributed by atoms with van der Waals surface area (Å²) in [5.74, 6) is 0.446. The Kier molecular flexibility index (Phi) is 4.56. The highest BCUT2D eigenvalue weighted by atomic mass is 16.5. The summed E-state index contributed by atoms with van der Waals surface area (Å²) in [6, 6.07) is 13.9. The van der Waals surface area contributed by atoms with Crippen LogP contribution in [-0.2, 0) is 0 Å². The van der Waals surface area contributed by atoms with Crippen LogP contribution in [0.25, 0.3) is 10.9 Å². The van der Waals surface area contributed by atoms with Crippen LogP contribution < -0.4 is 20.7 Å². The van der Waals surface area contributed by atoms with Crippen molar-refractivity contribution in [1.29, 1.82) is 0 Å². The number of nitrogens with one attached hydrogen (secondary N) is 4. The summed E-state index contributed by atoms with van der Waals surface area (Å²) in [6.07, 6.45) is 0. The summed E-state index contributed by atoms with van der Waals surface area (Å²) in [5, 5.41) is 8.85. The third-order valence-electron chi connectivity index (χ3n) is 3.68. The lowest BCUT2D eigenvalue weighted by Crippen LogP contribution is -2.24. The van der Waals surface area contributed by atoms with Crippen molar-refractivity contribution in [2.24, 2.45) is 0 Å². The number of H-pyrrole nitrogens is 1. The van der Waals surface area contributed by atoms with Gasteiger partial charge in [0.2, 0.25) is 0 Å². The molecule has 0 saturated heterocycles. The Labute approximate surface area is 144 Å². The minimum absolute atomic E-state index is 0.271. The van der Waals surface area contributed by atoms with E-state index < -0.39 is 0 Å².